The van der Waals surface area contributed by atoms with Gasteiger partial charge in [0.15, 0.2) is 0 Å². The maximum atomic E-state index is 13.7. The molecule has 1 fully saturated rings. The molecular weight excluding hydrogens is 498 g/mol. The quantitative estimate of drug-likeness (QED) is 0.358. The molecule has 0 N–H and O–H groups in total. The van der Waals surface area contributed by atoms with Gasteiger partial charge in [0, 0.05) is 23.1 Å². The molecule has 6 nitrogen and oxygen atoms in total. The molecule has 0 aromatic heterocycles. The minimum Gasteiger partial charge on any atom is -0.497 e. The summed E-state index contributed by atoms with van der Waals surface area (Å²) < 4.78 is 11.0. The average Bonchev–Trinajstić information content (AvgIpc) is 3.40. The summed E-state index contributed by atoms with van der Waals surface area (Å²) in [4.78, 5) is 16.0. The Morgan fingerprint density at radius 2 is 1.71 bits per heavy atom. The number of ether oxygens (including phenoxy) is 2. The van der Waals surface area contributed by atoms with Gasteiger partial charge in [-0.05, 0) is 67.6 Å². The lowest BCUT2D eigenvalue weighted by Gasteiger charge is -2.33. The van der Waals surface area contributed by atoms with Crippen molar-refractivity contribution in [2.45, 2.75) is 31.7 Å². The molecule has 1 amide bonds. The molecule has 0 saturated carbocycles. The Hall–Kier alpha value is -3.35. The fourth-order valence-electron chi connectivity index (χ4n) is 5.49. The number of hydrazone groups is 1. The van der Waals surface area contributed by atoms with Crippen molar-refractivity contribution >= 4 is 23.2 Å². The SMILES string of the molecule is COc1ccc(C2=NN(C(=O)CN3CCC(Cc4ccccc4)CC3)C(c3ccccc3Cl)C2)c(OC)c1. The number of piperidine rings is 1. The van der Waals surface area contributed by atoms with Crippen LogP contribution in [0.5, 0.6) is 11.5 Å². The molecule has 2 aliphatic heterocycles. The van der Waals surface area contributed by atoms with Crippen LogP contribution in [0.25, 0.3) is 0 Å². The molecule has 1 atom stereocenters. The third kappa shape index (κ3) is 5.87. The fraction of sp³-hybridized carbons (Fsp3) is 0.355. The van der Waals surface area contributed by atoms with E-state index in [0.717, 1.165) is 49.2 Å². The molecule has 198 valence electrons. The number of carbonyl (C=O) groups excluding carboxylic acids is 1. The topological polar surface area (TPSA) is 54.4 Å². The first-order chi connectivity index (χ1) is 18.6. The smallest absolute Gasteiger partial charge is 0.257 e. The molecule has 1 saturated heterocycles. The normalized spacial score (nSPS) is 18.3. The van der Waals surface area contributed by atoms with Gasteiger partial charge in [-0.15, -0.1) is 0 Å². The number of rotatable bonds is 8. The van der Waals surface area contributed by atoms with E-state index in [2.05, 4.69) is 35.2 Å². The van der Waals surface area contributed by atoms with E-state index in [1.165, 1.54) is 5.56 Å². The van der Waals surface area contributed by atoms with Gasteiger partial charge in [0.25, 0.3) is 5.91 Å². The maximum absolute atomic E-state index is 13.7. The predicted octanol–water partition coefficient (Wildman–Crippen LogP) is 5.99. The van der Waals surface area contributed by atoms with Gasteiger partial charge in [0.2, 0.25) is 0 Å². The second-order valence-electron chi connectivity index (χ2n) is 10.0. The number of hydrogen-bond acceptors (Lipinski definition) is 5. The minimum atomic E-state index is -0.270. The Morgan fingerprint density at radius 3 is 2.42 bits per heavy atom. The molecule has 3 aromatic rings. The number of halogens is 1. The maximum Gasteiger partial charge on any atom is 0.257 e. The zero-order valence-electron chi connectivity index (χ0n) is 22.0. The van der Waals surface area contributed by atoms with Gasteiger partial charge in [-0.1, -0.05) is 60.1 Å². The largest absolute Gasteiger partial charge is 0.497 e. The molecule has 0 bridgehead atoms. The number of benzene rings is 3. The zero-order chi connectivity index (χ0) is 26.5. The Labute approximate surface area is 229 Å². The van der Waals surface area contributed by atoms with Crippen LogP contribution in [-0.2, 0) is 11.2 Å². The molecule has 2 heterocycles. The number of amides is 1. The second kappa shape index (κ2) is 12.0. The van der Waals surface area contributed by atoms with E-state index >= 15 is 0 Å². The molecule has 1 unspecified atom stereocenters. The highest BCUT2D eigenvalue weighted by Crippen LogP contribution is 2.38. The summed E-state index contributed by atoms with van der Waals surface area (Å²) in [6, 6.07) is 23.8. The molecule has 3 aromatic carbocycles. The summed E-state index contributed by atoms with van der Waals surface area (Å²) in [5.41, 5.74) is 3.93. The van der Waals surface area contributed by atoms with Gasteiger partial charge >= 0.3 is 0 Å². The van der Waals surface area contributed by atoms with Crippen molar-refractivity contribution in [3.8, 4) is 11.5 Å². The summed E-state index contributed by atoms with van der Waals surface area (Å²) in [7, 11) is 3.25. The fourth-order valence-corrected chi connectivity index (χ4v) is 5.75. The Balaban J connectivity index is 1.32. The van der Waals surface area contributed by atoms with Crippen LogP contribution >= 0.6 is 11.6 Å². The van der Waals surface area contributed by atoms with Crippen molar-refractivity contribution in [1.29, 1.82) is 0 Å². The summed E-state index contributed by atoms with van der Waals surface area (Å²) in [5.74, 6) is 2.00. The summed E-state index contributed by atoms with van der Waals surface area (Å²) in [5, 5.41) is 7.12. The van der Waals surface area contributed by atoms with Crippen LogP contribution in [0.4, 0.5) is 0 Å². The molecule has 0 aliphatic carbocycles. The molecule has 5 rings (SSSR count). The first-order valence-electron chi connectivity index (χ1n) is 13.2. The highest BCUT2D eigenvalue weighted by Gasteiger charge is 2.36. The zero-order valence-corrected chi connectivity index (χ0v) is 22.7. The van der Waals surface area contributed by atoms with Crippen molar-refractivity contribution in [1.82, 2.24) is 9.91 Å². The van der Waals surface area contributed by atoms with Gasteiger partial charge in [-0.3, -0.25) is 9.69 Å². The first-order valence-corrected chi connectivity index (χ1v) is 13.6. The van der Waals surface area contributed by atoms with E-state index < -0.39 is 0 Å². The van der Waals surface area contributed by atoms with Gasteiger partial charge in [-0.25, -0.2) is 5.01 Å². The Bertz CT molecular complexity index is 1290. The van der Waals surface area contributed by atoms with E-state index in [4.69, 9.17) is 26.2 Å². The highest BCUT2D eigenvalue weighted by molar-refractivity contribution is 6.31. The molecule has 0 radical (unpaired) electrons. The lowest BCUT2D eigenvalue weighted by Crippen LogP contribution is -2.42. The molecule has 2 aliphatic rings. The number of nitrogens with zero attached hydrogens (tertiary/aromatic N) is 3. The van der Waals surface area contributed by atoms with Crippen LogP contribution in [0.15, 0.2) is 77.9 Å². The Morgan fingerprint density at radius 1 is 0.974 bits per heavy atom. The van der Waals surface area contributed by atoms with Crippen LogP contribution < -0.4 is 9.47 Å². The van der Waals surface area contributed by atoms with Crippen molar-refractivity contribution in [3.63, 3.8) is 0 Å². The van der Waals surface area contributed by atoms with Gasteiger partial charge < -0.3 is 9.47 Å². The van der Waals surface area contributed by atoms with Crippen molar-refractivity contribution in [2.75, 3.05) is 33.9 Å². The van der Waals surface area contributed by atoms with Crippen LogP contribution in [0.1, 0.15) is 42.0 Å². The van der Waals surface area contributed by atoms with Gasteiger partial charge in [0.1, 0.15) is 11.5 Å². The first kappa shape index (κ1) is 26.3. The second-order valence-corrected chi connectivity index (χ2v) is 10.4. The van der Waals surface area contributed by atoms with E-state index in [-0.39, 0.29) is 11.9 Å². The minimum absolute atomic E-state index is 0.0149. The molecule has 0 spiro atoms. The monoisotopic (exact) mass is 531 g/mol. The summed E-state index contributed by atoms with van der Waals surface area (Å²) in [6.45, 7) is 2.17. The molecule has 7 heteroatoms. The van der Waals surface area contributed by atoms with Crippen molar-refractivity contribution in [2.24, 2.45) is 11.0 Å². The third-order valence-corrected chi connectivity index (χ3v) is 7.93. The number of likely N-dealkylation sites (tertiary alicyclic amines) is 1. The van der Waals surface area contributed by atoms with E-state index in [1.807, 2.05) is 42.5 Å². The number of hydrogen-bond donors (Lipinski definition) is 0. The van der Waals surface area contributed by atoms with Crippen LogP contribution in [0, 0.1) is 5.92 Å². The number of methoxy groups -OCH3 is 2. The summed E-state index contributed by atoms with van der Waals surface area (Å²) >= 11 is 6.60. The van der Waals surface area contributed by atoms with Crippen LogP contribution in [0.3, 0.4) is 0 Å². The predicted molar refractivity (Wildman–Crippen MR) is 151 cm³/mol. The van der Waals surface area contributed by atoms with Gasteiger partial charge in [-0.2, -0.15) is 5.10 Å². The molecular formula is C31H34ClN3O3. The lowest BCUT2D eigenvalue weighted by atomic mass is 9.90. The van der Waals surface area contributed by atoms with Crippen molar-refractivity contribution in [3.05, 3.63) is 94.5 Å². The van der Waals surface area contributed by atoms with Gasteiger partial charge in [0.05, 0.1) is 32.5 Å². The molecule has 38 heavy (non-hydrogen) atoms. The lowest BCUT2D eigenvalue weighted by molar-refractivity contribution is -0.134. The third-order valence-electron chi connectivity index (χ3n) is 7.58. The van der Waals surface area contributed by atoms with Crippen LogP contribution in [-0.4, -0.2) is 55.4 Å². The Kier molecular flexibility index (Phi) is 8.30. The van der Waals surface area contributed by atoms with E-state index in [0.29, 0.717) is 35.4 Å². The standard InChI is InChI=1S/C31H34ClN3O3/c1-37-24-12-13-26(30(19-24)38-2)28-20-29(25-10-6-7-11-27(25)32)35(33-28)31(36)21-34-16-14-23(15-17-34)18-22-8-4-3-5-9-22/h3-13,19,23,29H,14-18,20-21H2,1-2H3. The highest BCUT2D eigenvalue weighted by atomic mass is 35.5. The van der Waals surface area contributed by atoms with E-state index in [9.17, 15) is 4.79 Å². The number of carbonyl (C=O) groups is 1. The van der Waals surface area contributed by atoms with Crippen molar-refractivity contribution < 1.29 is 14.3 Å². The summed E-state index contributed by atoms with van der Waals surface area (Å²) in [6.07, 6.45) is 3.83. The average molecular weight is 532 g/mol. The van der Waals surface area contributed by atoms with E-state index in [1.54, 1.807) is 19.2 Å². The van der Waals surface area contributed by atoms with Crippen LogP contribution in [0.2, 0.25) is 5.02 Å².